The van der Waals surface area contributed by atoms with E-state index in [0.29, 0.717) is 0 Å². The molecular weight excluding hydrogens is 374 g/mol. The number of nitrogens with one attached hydrogen (secondary N) is 3. The summed E-state index contributed by atoms with van der Waals surface area (Å²) in [5.41, 5.74) is 1.77. The third kappa shape index (κ3) is 6.99. The van der Waals surface area contributed by atoms with Gasteiger partial charge in [-0.25, -0.2) is 13.1 Å². The molecule has 0 saturated heterocycles. The quantitative estimate of drug-likeness (QED) is 0.483. The molecule has 1 aliphatic carbocycles. The highest BCUT2D eigenvalue weighted by Crippen LogP contribution is 2.18. The van der Waals surface area contributed by atoms with Crippen molar-refractivity contribution in [2.75, 3.05) is 19.7 Å². The second-order valence-corrected chi connectivity index (χ2v) is 8.12. The molecule has 2 amide bonds. The fourth-order valence-electron chi connectivity index (χ4n) is 2.05. The van der Waals surface area contributed by atoms with E-state index in [4.69, 9.17) is 4.74 Å². The van der Waals surface area contributed by atoms with E-state index in [1.807, 2.05) is 6.92 Å². The van der Waals surface area contributed by atoms with Crippen molar-refractivity contribution in [3.05, 3.63) is 29.3 Å². The van der Waals surface area contributed by atoms with Crippen LogP contribution in [0.15, 0.2) is 23.1 Å². The summed E-state index contributed by atoms with van der Waals surface area (Å²) < 4.78 is 31.2. The van der Waals surface area contributed by atoms with Gasteiger partial charge in [0.15, 0.2) is 6.61 Å². The SMILES string of the molecule is Cc1ccc(S(=O)(=O)NCC(=O)NCC(=O)OCC(=O)NC2CC2)cc1C. The van der Waals surface area contributed by atoms with Gasteiger partial charge < -0.3 is 15.4 Å². The Balaban J connectivity index is 1.70. The predicted molar refractivity (Wildman–Crippen MR) is 96.2 cm³/mol. The number of aryl methyl sites for hydroxylation is 2. The van der Waals surface area contributed by atoms with Gasteiger partial charge in [-0.05, 0) is 49.9 Å². The van der Waals surface area contributed by atoms with E-state index in [2.05, 4.69) is 15.4 Å². The first kappa shape index (κ1) is 20.8. The highest BCUT2D eigenvalue weighted by Gasteiger charge is 2.23. The lowest BCUT2D eigenvalue weighted by Gasteiger charge is -2.09. The monoisotopic (exact) mass is 397 g/mol. The van der Waals surface area contributed by atoms with E-state index >= 15 is 0 Å². The number of carbonyl (C=O) groups excluding carboxylic acids is 3. The maximum atomic E-state index is 12.2. The van der Waals surface area contributed by atoms with Crippen LogP contribution < -0.4 is 15.4 Å². The first-order valence-electron chi connectivity index (χ1n) is 8.46. The molecule has 1 aromatic rings. The molecule has 0 atom stereocenters. The first-order chi connectivity index (χ1) is 12.7. The van der Waals surface area contributed by atoms with E-state index in [-0.39, 0.29) is 10.9 Å². The molecule has 0 heterocycles. The zero-order valence-electron chi connectivity index (χ0n) is 15.2. The van der Waals surface area contributed by atoms with Crippen LogP contribution in [0.5, 0.6) is 0 Å². The number of hydrogen-bond acceptors (Lipinski definition) is 6. The molecule has 0 aromatic heterocycles. The molecule has 3 N–H and O–H groups in total. The van der Waals surface area contributed by atoms with Crippen LogP contribution in [-0.4, -0.2) is 51.9 Å². The summed E-state index contributed by atoms with van der Waals surface area (Å²) in [7, 11) is -3.84. The lowest BCUT2D eigenvalue weighted by molar-refractivity contribution is -0.148. The molecule has 1 fully saturated rings. The van der Waals surface area contributed by atoms with Gasteiger partial charge in [0.05, 0.1) is 11.4 Å². The summed E-state index contributed by atoms with van der Waals surface area (Å²) >= 11 is 0. The van der Waals surface area contributed by atoms with Crippen LogP contribution in [0.2, 0.25) is 0 Å². The van der Waals surface area contributed by atoms with Gasteiger partial charge in [-0.1, -0.05) is 6.07 Å². The predicted octanol–water partition coefficient (Wildman–Crippen LogP) is -0.480. The van der Waals surface area contributed by atoms with Gasteiger partial charge in [-0.3, -0.25) is 14.4 Å². The van der Waals surface area contributed by atoms with Gasteiger partial charge >= 0.3 is 5.97 Å². The summed E-state index contributed by atoms with van der Waals surface area (Å²) in [5, 5.41) is 4.89. The zero-order chi connectivity index (χ0) is 20.0. The lowest BCUT2D eigenvalue weighted by atomic mass is 10.1. The molecule has 10 heteroatoms. The topological polar surface area (TPSA) is 131 Å². The largest absolute Gasteiger partial charge is 0.454 e. The third-order valence-electron chi connectivity index (χ3n) is 3.95. The Morgan fingerprint density at radius 2 is 1.78 bits per heavy atom. The van der Waals surface area contributed by atoms with Gasteiger partial charge in [-0.2, -0.15) is 0 Å². The van der Waals surface area contributed by atoms with Crippen molar-refractivity contribution < 1.29 is 27.5 Å². The molecule has 0 radical (unpaired) electrons. The number of hydrogen-bond donors (Lipinski definition) is 3. The van der Waals surface area contributed by atoms with E-state index in [0.717, 1.165) is 24.0 Å². The number of sulfonamides is 1. The van der Waals surface area contributed by atoms with Crippen molar-refractivity contribution in [1.82, 2.24) is 15.4 Å². The minimum atomic E-state index is -3.84. The highest BCUT2D eigenvalue weighted by atomic mass is 32.2. The van der Waals surface area contributed by atoms with Crippen molar-refractivity contribution in [3.8, 4) is 0 Å². The van der Waals surface area contributed by atoms with Gasteiger partial charge in [0, 0.05) is 6.04 Å². The van der Waals surface area contributed by atoms with E-state index < -0.39 is 47.5 Å². The van der Waals surface area contributed by atoms with Crippen LogP contribution in [0.3, 0.4) is 0 Å². The van der Waals surface area contributed by atoms with E-state index in [1.54, 1.807) is 13.0 Å². The molecule has 1 aliphatic rings. The number of ether oxygens (including phenoxy) is 1. The molecule has 0 bridgehead atoms. The van der Waals surface area contributed by atoms with Gasteiger partial charge in [0.25, 0.3) is 5.91 Å². The Morgan fingerprint density at radius 1 is 1.07 bits per heavy atom. The summed E-state index contributed by atoms with van der Waals surface area (Å²) in [5.74, 6) is -1.87. The lowest BCUT2D eigenvalue weighted by Crippen LogP contribution is -2.40. The molecule has 148 valence electrons. The van der Waals surface area contributed by atoms with E-state index in [9.17, 15) is 22.8 Å². The minimum absolute atomic E-state index is 0.0551. The number of carbonyl (C=O) groups is 3. The summed E-state index contributed by atoms with van der Waals surface area (Å²) in [4.78, 5) is 34.6. The van der Waals surface area contributed by atoms with Crippen LogP contribution in [-0.2, 0) is 29.1 Å². The summed E-state index contributed by atoms with van der Waals surface area (Å²) in [6.07, 6.45) is 1.85. The van der Waals surface area contributed by atoms with Crippen molar-refractivity contribution in [2.45, 2.75) is 37.6 Å². The standard InChI is InChI=1S/C17H23N3O6S/c1-11-3-6-14(7-12(11)2)27(24,25)19-8-15(21)18-9-17(23)26-10-16(22)20-13-4-5-13/h3,6-7,13,19H,4-5,8-10H2,1-2H3,(H,18,21)(H,20,22). The van der Waals surface area contributed by atoms with Crippen LogP contribution in [0.25, 0.3) is 0 Å². The average molecular weight is 397 g/mol. The molecule has 0 spiro atoms. The molecule has 1 saturated carbocycles. The van der Waals surface area contributed by atoms with Crippen LogP contribution in [0.4, 0.5) is 0 Å². The molecule has 9 nitrogen and oxygen atoms in total. The zero-order valence-corrected chi connectivity index (χ0v) is 16.0. The Labute approximate surface area is 157 Å². The van der Waals surface area contributed by atoms with Crippen LogP contribution in [0.1, 0.15) is 24.0 Å². The van der Waals surface area contributed by atoms with Crippen molar-refractivity contribution >= 4 is 27.8 Å². The number of amides is 2. The fourth-order valence-corrected chi connectivity index (χ4v) is 3.12. The highest BCUT2D eigenvalue weighted by molar-refractivity contribution is 7.89. The molecule has 0 aliphatic heterocycles. The number of esters is 1. The Bertz CT molecular complexity index is 833. The second kappa shape index (κ2) is 8.96. The molecule has 0 unspecified atom stereocenters. The number of benzene rings is 1. The third-order valence-corrected chi connectivity index (χ3v) is 5.35. The summed E-state index contributed by atoms with van der Waals surface area (Å²) in [6, 6.07) is 4.81. The Morgan fingerprint density at radius 3 is 2.41 bits per heavy atom. The molecular formula is C17H23N3O6S. The first-order valence-corrected chi connectivity index (χ1v) is 9.94. The molecule has 1 aromatic carbocycles. The normalized spacial score (nSPS) is 13.7. The average Bonchev–Trinajstić information content (AvgIpc) is 3.42. The van der Waals surface area contributed by atoms with Crippen molar-refractivity contribution in [3.63, 3.8) is 0 Å². The van der Waals surface area contributed by atoms with E-state index in [1.165, 1.54) is 12.1 Å². The van der Waals surface area contributed by atoms with Crippen LogP contribution in [0, 0.1) is 13.8 Å². The van der Waals surface area contributed by atoms with Gasteiger partial charge in [0.2, 0.25) is 15.9 Å². The molecule has 2 rings (SSSR count). The second-order valence-electron chi connectivity index (χ2n) is 6.35. The Hall–Kier alpha value is -2.46. The van der Waals surface area contributed by atoms with Crippen LogP contribution >= 0.6 is 0 Å². The van der Waals surface area contributed by atoms with Crippen molar-refractivity contribution in [1.29, 1.82) is 0 Å². The van der Waals surface area contributed by atoms with Gasteiger partial charge in [-0.15, -0.1) is 0 Å². The molecule has 27 heavy (non-hydrogen) atoms. The van der Waals surface area contributed by atoms with Crippen molar-refractivity contribution in [2.24, 2.45) is 0 Å². The maximum Gasteiger partial charge on any atom is 0.325 e. The van der Waals surface area contributed by atoms with Gasteiger partial charge in [0.1, 0.15) is 6.54 Å². The Kier molecular flexibility index (Phi) is 6.92. The smallest absolute Gasteiger partial charge is 0.325 e. The minimum Gasteiger partial charge on any atom is -0.454 e. The summed E-state index contributed by atoms with van der Waals surface area (Å²) in [6.45, 7) is 2.26. The fraction of sp³-hybridized carbons (Fsp3) is 0.471. The maximum absolute atomic E-state index is 12.2. The number of rotatable bonds is 9.